The second-order valence-corrected chi connectivity index (χ2v) is 3.20. The number of nitrogens with zero attached hydrogens (tertiary/aromatic N) is 2. The minimum atomic E-state index is -0.583. The molecule has 2 rings (SSSR count). The fourth-order valence-electron chi connectivity index (χ4n) is 1.17. The minimum Gasteiger partial charge on any atom is -0.455 e. The Morgan fingerprint density at radius 1 is 1.38 bits per heavy atom. The lowest BCUT2D eigenvalue weighted by molar-refractivity contribution is 0.0454. The molecule has 0 fully saturated rings. The molecule has 0 unspecified atom stereocenters. The summed E-state index contributed by atoms with van der Waals surface area (Å²) in [6.45, 7) is 1.81. The average molecular weight is 218 g/mol. The predicted octanol–water partition coefficient (Wildman–Crippen LogP) is 1.74. The Labute approximate surface area is 92.0 Å². The summed E-state index contributed by atoms with van der Waals surface area (Å²) in [6, 6.07) is 9.39. The van der Waals surface area contributed by atoms with Crippen LogP contribution in [-0.4, -0.2) is 16.1 Å². The van der Waals surface area contributed by atoms with Crippen molar-refractivity contribution in [3.8, 4) is 0 Å². The number of carbonyl (C=O) groups excluding carboxylic acids is 1. The predicted molar refractivity (Wildman–Crippen MR) is 54.6 cm³/mol. The van der Waals surface area contributed by atoms with Crippen molar-refractivity contribution in [2.75, 3.05) is 0 Å². The highest BCUT2D eigenvalue weighted by Gasteiger charge is 2.14. The third-order valence-electron chi connectivity index (χ3n) is 1.92. The first-order valence-corrected chi connectivity index (χ1v) is 4.77. The lowest BCUT2D eigenvalue weighted by Crippen LogP contribution is -2.07. The maximum atomic E-state index is 11.4. The molecule has 0 saturated carbocycles. The Balaban J connectivity index is 1.94. The van der Waals surface area contributed by atoms with Crippen molar-refractivity contribution < 1.29 is 14.1 Å². The lowest BCUT2D eigenvalue weighted by atomic mass is 10.2. The molecule has 0 N–H and O–H groups in total. The molecule has 0 saturated heterocycles. The Morgan fingerprint density at radius 3 is 2.75 bits per heavy atom. The summed E-state index contributed by atoms with van der Waals surface area (Å²) >= 11 is 0. The van der Waals surface area contributed by atoms with E-state index in [2.05, 4.69) is 14.7 Å². The van der Waals surface area contributed by atoms with E-state index < -0.39 is 5.97 Å². The van der Waals surface area contributed by atoms with Crippen molar-refractivity contribution in [1.29, 1.82) is 0 Å². The number of hydrogen-bond donors (Lipinski definition) is 0. The molecule has 1 heterocycles. The molecule has 0 spiro atoms. The maximum Gasteiger partial charge on any atom is 0.380 e. The van der Waals surface area contributed by atoms with Gasteiger partial charge in [-0.1, -0.05) is 30.3 Å². The first kappa shape index (κ1) is 10.4. The van der Waals surface area contributed by atoms with E-state index in [-0.39, 0.29) is 12.4 Å². The highest BCUT2D eigenvalue weighted by Crippen LogP contribution is 2.03. The number of esters is 1. The van der Waals surface area contributed by atoms with Crippen LogP contribution in [0.5, 0.6) is 0 Å². The van der Waals surface area contributed by atoms with Crippen LogP contribution in [0.2, 0.25) is 0 Å². The number of benzene rings is 1. The number of hydrogen-bond acceptors (Lipinski definition) is 5. The van der Waals surface area contributed by atoms with Crippen LogP contribution < -0.4 is 0 Å². The second kappa shape index (κ2) is 4.57. The van der Waals surface area contributed by atoms with E-state index in [4.69, 9.17) is 4.74 Å². The smallest absolute Gasteiger partial charge is 0.380 e. The van der Waals surface area contributed by atoms with Crippen molar-refractivity contribution in [3.63, 3.8) is 0 Å². The van der Waals surface area contributed by atoms with Gasteiger partial charge in [0.25, 0.3) is 5.82 Å². The molecular weight excluding hydrogens is 208 g/mol. The minimum absolute atomic E-state index is 0.0477. The van der Waals surface area contributed by atoms with Crippen LogP contribution in [0.15, 0.2) is 34.9 Å². The van der Waals surface area contributed by atoms with E-state index in [0.717, 1.165) is 5.56 Å². The molecule has 1 aromatic heterocycles. The Kier molecular flexibility index (Phi) is 2.95. The van der Waals surface area contributed by atoms with Crippen LogP contribution in [0, 0.1) is 6.92 Å². The van der Waals surface area contributed by atoms with Gasteiger partial charge in [-0.3, -0.25) is 0 Å². The van der Waals surface area contributed by atoms with Crippen LogP contribution in [0.1, 0.15) is 22.1 Å². The lowest BCUT2D eigenvalue weighted by Gasteiger charge is -2.01. The molecule has 0 amide bonds. The summed E-state index contributed by atoms with van der Waals surface area (Å²) in [7, 11) is 0. The van der Waals surface area contributed by atoms with Gasteiger partial charge in [-0.25, -0.2) is 4.79 Å². The van der Waals surface area contributed by atoms with Gasteiger partial charge in [0.05, 0.1) is 0 Å². The molecule has 0 aliphatic rings. The Bertz CT molecular complexity index is 479. The molecule has 2 aromatic rings. The van der Waals surface area contributed by atoms with Crippen LogP contribution in [-0.2, 0) is 11.3 Å². The first-order chi connectivity index (χ1) is 7.75. The molecular formula is C11H10N2O3. The molecule has 0 atom stereocenters. The van der Waals surface area contributed by atoms with Crippen molar-refractivity contribution in [3.05, 3.63) is 47.6 Å². The summed E-state index contributed by atoms with van der Waals surface area (Å²) in [5.41, 5.74) is 0.913. The number of ether oxygens (including phenoxy) is 1. The van der Waals surface area contributed by atoms with Crippen molar-refractivity contribution in [2.24, 2.45) is 0 Å². The zero-order valence-corrected chi connectivity index (χ0v) is 8.71. The molecule has 5 nitrogen and oxygen atoms in total. The van der Waals surface area contributed by atoms with E-state index in [1.165, 1.54) is 0 Å². The molecule has 82 valence electrons. The highest BCUT2D eigenvalue weighted by atomic mass is 16.5. The normalized spacial score (nSPS) is 10.1. The Hall–Kier alpha value is -2.17. The largest absolute Gasteiger partial charge is 0.455 e. The van der Waals surface area contributed by atoms with Gasteiger partial charge < -0.3 is 9.26 Å². The third kappa shape index (κ3) is 2.44. The van der Waals surface area contributed by atoms with Crippen LogP contribution in [0.3, 0.4) is 0 Å². The van der Waals surface area contributed by atoms with E-state index in [1.807, 2.05) is 30.3 Å². The quantitative estimate of drug-likeness (QED) is 0.734. The summed E-state index contributed by atoms with van der Waals surface area (Å²) < 4.78 is 9.68. The standard InChI is InChI=1S/C11H10N2O3/c1-8-12-10(13-16-8)11(14)15-7-9-5-3-2-4-6-9/h2-6H,7H2,1H3. The van der Waals surface area contributed by atoms with Gasteiger partial charge in [0.15, 0.2) is 0 Å². The number of aryl methyl sites for hydroxylation is 1. The average Bonchev–Trinajstić information content (AvgIpc) is 2.74. The molecule has 16 heavy (non-hydrogen) atoms. The van der Waals surface area contributed by atoms with Gasteiger partial charge in [-0.15, -0.1) is 0 Å². The zero-order chi connectivity index (χ0) is 11.4. The van der Waals surface area contributed by atoms with Gasteiger partial charge in [0, 0.05) is 6.92 Å². The SMILES string of the molecule is Cc1nc(C(=O)OCc2ccccc2)no1. The summed E-state index contributed by atoms with van der Waals surface area (Å²) in [5, 5.41) is 3.47. The van der Waals surface area contributed by atoms with Crippen molar-refractivity contribution in [1.82, 2.24) is 10.1 Å². The van der Waals surface area contributed by atoms with Gasteiger partial charge in [0.1, 0.15) is 6.61 Å². The van der Waals surface area contributed by atoms with Crippen LogP contribution >= 0.6 is 0 Å². The molecule has 0 aliphatic heterocycles. The van der Waals surface area contributed by atoms with Crippen molar-refractivity contribution in [2.45, 2.75) is 13.5 Å². The van der Waals surface area contributed by atoms with E-state index >= 15 is 0 Å². The number of rotatable bonds is 3. The topological polar surface area (TPSA) is 65.2 Å². The van der Waals surface area contributed by atoms with Gasteiger partial charge in [-0.2, -0.15) is 4.98 Å². The highest BCUT2D eigenvalue weighted by molar-refractivity contribution is 5.84. The molecule has 1 aromatic carbocycles. The van der Waals surface area contributed by atoms with Gasteiger partial charge >= 0.3 is 5.97 Å². The molecule has 0 radical (unpaired) electrons. The number of carbonyl (C=O) groups is 1. The van der Waals surface area contributed by atoms with E-state index in [0.29, 0.717) is 5.89 Å². The van der Waals surface area contributed by atoms with Gasteiger partial charge in [0.2, 0.25) is 5.89 Å². The zero-order valence-electron chi connectivity index (χ0n) is 8.71. The fourth-order valence-corrected chi connectivity index (χ4v) is 1.17. The van der Waals surface area contributed by atoms with Crippen LogP contribution in [0.4, 0.5) is 0 Å². The molecule has 0 aliphatic carbocycles. The van der Waals surface area contributed by atoms with Crippen LogP contribution in [0.25, 0.3) is 0 Å². The molecule has 5 heteroatoms. The molecule has 0 bridgehead atoms. The fraction of sp³-hybridized carbons (Fsp3) is 0.182. The monoisotopic (exact) mass is 218 g/mol. The third-order valence-corrected chi connectivity index (χ3v) is 1.92. The summed E-state index contributed by atoms with van der Waals surface area (Å²) in [6.07, 6.45) is 0. The first-order valence-electron chi connectivity index (χ1n) is 4.77. The van der Waals surface area contributed by atoms with Gasteiger partial charge in [-0.05, 0) is 10.7 Å². The van der Waals surface area contributed by atoms with E-state index in [1.54, 1.807) is 6.92 Å². The summed E-state index contributed by atoms with van der Waals surface area (Å²) in [4.78, 5) is 15.2. The Morgan fingerprint density at radius 2 is 2.12 bits per heavy atom. The second-order valence-electron chi connectivity index (χ2n) is 3.20. The number of aromatic nitrogens is 2. The maximum absolute atomic E-state index is 11.4. The van der Waals surface area contributed by atoms with Crippen molar-refractivity contribution >= 4 is 5.97 Å². The summed E-state index contributed by atoms with van der Waals surface area (Å²) in [5.74, 6) is -0.291. The van der Waals surface area contributed by atoms with E-state index in [9.17, 15) is 4.79 Å².